The Morgan fingerprint density at radius 2 is 1.89 bits per heavy atom. The Hall–Kier alpha value is -2.23. The molecule has 1 amide bonds. The number of aromatic nitrogens is 1. The van der Waals surface area contributed by atoms with Crippen LogP contribution in [0.1, 0.15) is 17.7 Å². The zero-order chi connectivity index (χ0) is 19.4. The highest BCUT2D eigenvalue weighted by molar-refractivity contribution is 7.89. The van der Waals surface area contributed by atoms with Crippen LogP contribution in [0.25, 0.3) is 0 Å². The van der Waals surface area contributed by atoms with E-state index in [2.05, 4.69) is 10.5 Å². The molecule has 27 heavy (non-hydrogen) atoms. The molecule has 0 bridgehead atoms. The van der Waals surface area contributed by atoms with Crippen LogP contribution in [-0.4, -0.2) is 61.4 Å². The van der Waals surface area contributed by atoms with Crippen LogP contribution in [0.5, 0.6) is 0 Å². The summed E-state index contributed by atoms with van der Waals surface area (Å²) in [5.41, 5.74) is 1.02. The second-order valence-electron chi connectivity index (χ2n) is 6.72. The fraction of sp³-hybridized carbons (Fsp3) is 0.444. The van der Waals surface area contributed by atoms with Gasteiger partial charge in [-0.15, -0.1) is 0 Å². The molecule has 1 fully saturated rings. The van der Waals surface area contributed by atoms with Gasteiger partial charge in [0.15, 0.2) is 5.82 Å². The molecule has 2 aromatic rings. The molecule has 1 N–H and O–H groups in total. The number of hydrogen-bond donors (Lipinski definition) is 1. The first kappa shape index (κ1) is 19.5. The Labute approximate surface area is 159 Å². The third-order valence-electron chi connectivity index (χ3n) is 4.47. The van der Waals surface area contributed by atoms with Crippen molar-refractivity contribution < 1.29 is 17.7 Å². The number of sulfonamides is 1. The highest BCUT2D eigenvalue weighted by Gasteiger charge is 2.27. The predicted molar refractivity (Wildman–Crippen MR) is 101 cm³/mol. The van der Waals surface area contributed by atoms with Gasteiger partial charge >= 0.3 is 0 Å². The van der Waals surface area contributed by atoms with Gasteiger partial charge in [-0.05, 0) is 38.9 Å². The Bertz CT molecular complexity index is 892. The van der Waals surface area contributed by atoms with Gasteiger partial charge in [0, 0.05) is 25.7 Å². The summed E-state index contributed by atoms with van der Waals surface area (Å²) < 4.78 is 32.1. The van der Waals surface area contributed by atoms with E-state index < -0.39 is 10.0 Å². The Balaban J connectivity index is 1.58. The van der Waals surface area contributed by atoms with Crippen molar-refractivity contribution in [2.24, 2.45) is 0 Å². The van der Waals surface area contributed by atoms with E-state index >= 15 is 0 Å². The van der Waals surface area contributed by atoms with Gasteiger partial charge in [-0.25, -0.2) is 8.42 Å². The number of amides is 1. The summed E-state index contributed by atoms with van der Waals surface area (Å²) >= 11 is 0. The first-order chi connectivity index (χ1) is 12.8. The van der Waals surface area contributed by atoms with Gasteiger partial charge < -0.3 is 9.84 Å². The number of nitrogens with zero attached hydrogens (tertiary/aromatic N) is 3. The third-order valence-corrected chi connectivity index (χ3v) is 6.38. The Morgan fingerprint density at radius 3 is 2.56 bits per heavy atom. The van der Waals surface area contributed by atoms with Crippen molar-refractivity contribution in [3.8, 4) is 0 Å². The number of anilines is 1. The van der Waals surface area contributed by atoms with Gasteiger partial charge in [0.1, 0.15) is 5.76 Å². The van der Waals surface area contributed by atoms with Crippen molar-refractivity contribution in [2.45, 2.75) is 25.2 Å². The fourth-order valence-corrected chi connectivity index (χ4v) is 4.49. The molecular weight excluding hydrogens is 368 g/mol. The lowest BCUT2D eigenvalue weighted by Gasteiger charge is -2.21. The smallest absolute Gasteiger partial charge is 0.243 e. The Kier molecular flexibility index (Phi) is 5.93. The van der Waals surface area contributed by atoms with Crippen molar-refractivity contribution in [2.75, 3.05) is 38.0 Å². The maximum absolute atomic E-state index is 12.8. The van der Waals surface area contributed by atoms with Crippen molar-refractivity contribution in [3.05, 3.63) is 41.7 Å². The molecule has 1 aliphatic heterocycles. The second kappa shape index (κ2) is 8.20. The average Bonchev–Trinajstić information content (AvgIpc) is 2.88. The van der Waals surface area contributed by atoms with Gasteiger partial charge in [-0.2, -0.15) is 4.31 Å². The first-order valence-electron chi connectivity index (χ1n) is 8.87. The van der Waals surface area contributed by atoms with Gasteiger partial charge in [0.05, 0.1) is 11.4 Å². The largest absolute Gasteiger partial charge is 0.360 e. The van der Waals surface area contributed by atoms with Crippen LogP contribution >= 0.6 is 0 Å². The fourth-order valence-electron chi connectivity index (χ4n) is 3.02. The van der Waals surface area contributed by atoms with E-state index in [4.69, 9.17) is 4.52 Å². The number of nitrogens with one attached hydrogen (secondary N) is 1. The summed E-state index contributed by atoms with van der Waals surface area (Å²) in [7, 11) is -3.52. The lowest BCUT2D eigenvalue weighted by Crippen LogP contribution is -2.38. The van der Waals surface area contributed by atoms with E-state index in [1.54, 1.807) is 37.3 Å². The SMILES string of the molecule is Cc1ccc(S(=O)(=O)N2CCCN(CC(=O)Nc3cc(C)on3)CC2)cc1. The molecular formula is C18H24N4O4S. The predicted octanol–water partition coefficient (Wildman–Crippen LogP) is 1.63. The molecule has 8 nitrogen and oxygen atoms in total. The van der Waals surface area contributed by atoms with Gasteiger partial charge in [-0.3, -0.25) is 9.69 Å². The van der Waals surface area contributed by atoms with Crippen molar-refractivity contribution in [1.29, 1.82) is 0 Å². The molecule has 9 heteroatoms. The zero-order valence-corrected chi connectivity index (χ0v) is 16.3. The van der Waals surface area contributed by atoms with Gasteiger partial charge in [0.2, 0.25) is 15.9 Å². The topological polar surface area (TPSA) is 95.8 Å². The standard InChI is InChI=1S/C18H24N4O4S/c1-14-4-6-16(7-5-14)27(24,25)22-9-3-8-21(10-11-22)13-18(23)19-17-12-15(2)26-20-17/h4-7,12H,3,8-11,13H2,1-2H3,(H,19,20,23). The average molecular weight is 392 g/mol. The number of carbonyl (C=O) groups is 1. The maximum atomic E-state index is 12.8. The number of aryl methyl sites for hydroxylation is 2. The normalized spacial score (nSPS) is 16.8. The lowest BCUT2D eigenvalue weighted by molar-refractivity contribution is -0.117. The summed E-state index contributed by atoms with van der Waals surface area (Å²) in [4.78, 5) is 14.4. The van der Waals surface area contributed by atoms with Crippen molar-refractivity contribution in [1.82, 2.24) is 14.4 Å². The van der Waals surface area contributed by atoms with Crippen LogP contribution in [0.15, 0.2) is 39.8 Å². The molecule has 1 saturated heterocycles. The number of benzene rings is 1. The number of hydrogen-bond acceptors (Lipinski definition) is 6. The van der Waals surface area contributed by atoms with E-state index in [-0.39, 0.29) is 12.5 Å². The van der Waals surface area contributed by atoms with E-state index in [1.165, 1.54) is 4.31 Å². The summed E-state index contributed by atoms with van der Waals surface area (Å²) in [5, 5.41) is 6.42. The monoisotopic (exact) mass is 392 g/mol. The highest BCUT2D eigenvalue weighted by atomic mass is 32.2. The molecule has 0 radical (unpaired) electrons. The van der Waals surface area contributed by atoms with E-state index in [9.17, 15) is 13.2 Å². The molecule has 0 atom stereocenters. The van der Waals surface area contributed by atoms with E-state index in [1.807, 2.05) is 11.8 Å². The highest BCUT2D eigenvalue weighted by Crippen LogP contribution is 2.18. The summed E-state index contributed by atoms with van der Waals surface area (Å²) in [6.07, 6.45) is 0.668. The van der Waals surface area contributed by atoms with Crippen LogP contribution in [0.4, 0.5) is 5.82 Å². The van der Waals surface area contributed by atoms with Crippen LogP contribution < -0.4 is 5.32 Å². The lowest BCUT2D eigenvalue weighted by atomic mass is 10.2. The molecule has 1 aliphatic rings. The summed E-state index contributed by atoms with van der Waals surface area (Å²) in [6, 6.07) is 8.53. The second-order valence-corrected chi connectivity index (χ2v) is 8.66. The summed E-state index contributed by atoms with van der Waals surface area (Å²) in [6.45, 7) is 5.81. The van der Waals surface area contributed by atoms with Crippen LogP contribution in [0, 0.1) is 13.8 Å². The van der Waals surface area contributed by atoms with Crippen molar-refractivity contribution >= 4 is 21.7 Å². The molecule has 146 valence electrons. The minimum absolute atomic E-state index is 0.185. The molecule has 0 spiro atoms. The number of carbonyl (C=O) groups excluding carboxylic acids is 1. The minimum atomic E-state index is -3.52. The molecule has 0 unspecified atom stereocenters. The maximum Gasteiger partial charge on any atom is 0.243 e. The molecule has 3 rings (SSSR count). The van der Waals surface area contributed by atoms with E-state index in [0.717, 1.165) is 5.56 Å². The van der Waals surface area contributed by atoms with Crippen LogP contribution in [-0.2, 0) is 14.8 Å². The minimum Gasteiger partial charge on any atom is -0.360 e. The Morgan fingerprint density at radius 1 is 1.15 bits per heavy atom. The molecule has 2 heterocycles. The van der Waals surface area contributed by atoms with Crippen molar-refractivity contribution in [3.63, 3.8) is 0 Å². The first-order valence-corrected chi connectivity index (χ1v) is 10.3. The van der Waals surface area contributed by atoms with E-state index in [0.29, 0.717) is 49.1 Å². The van der Waals surface area contributed by atoms with Gasteiger partial charge in [0.25, 0.3) is 0 Å². The quantitative estimate of drug-likeness (QED) is 0.831. The number of rotatable bonds is 5. The zero-order valence-electron chi connectivity index (χ0n) is 15.5. The third kappa shape index (κ3) is 4.94. The molecule has 1 aromatic heterocycles. The molecule has 0 aliphatic carbocycles. The van der Waals surface area contributed by atoms with Crippen LogP contribution in [0.3, 0.4) is 0 Å². The van der Waals surface area contributed by atoms with Crippen LogP contribution in [0.2, 0.25) is 0 Å². The van der Waals surface area contributed by atoms with Gasteiger partial charge in [-0.1, -0.05) is 22.9 Å². The summed E-state index contributed by atoms with van der Waals surface area (Å²) in [5.74, 6) is 0.811. The molecule has 1 aromatic carbocycles. The molecule has 0 saturated carbocycles.